The van der Waals surface area contributed by atoms with Gasteiger partial charge in [-0.1, -0.05) is 0 Å². The van der Waals surface area contributed by atoms with Gasteiger partial charge < -0.3 is 4.90 Å². The standard InChI is InChI=1S/C12H17F2N/c1-9-10(5-4-6-15(2)3)7-11(13)8-12(9)14/h7-8H,4-6H2,1-3H3. The van der Waals surface area contributed by atoms with Crippen molar-refractivity contribution in [3.05, 3.63) is 34.9 Å². The van der Waals surface area contributed by atoms with Gasteiger partial charge in [-0.3, -0.25) is 0 Å². The van der Waals surface area contributed by atoms with Crippen molar-refractivity contribution in [3.63, 3.8) is 0 Å². The summed E-state index contributed by atoms with van der Waals surface area (Å²) in [6.45, 7) is 2.62. The highest BCUT2D eigenvalue weighted by Gasteiger charge is 2.06. The normalized spacial score (nSPS) is 11.1. The van der Waals surface area contributed by atoms with Crippen molar-refractivity contribution in [1.29, 1.82) is 0 Å². The first-order valence-corrected chi connectivity index (χ1v) is 5.10. The summed E-state index contributed by atoms with van der Waals surface area (Å²) < 4.78 is 26.1. The molecule has 0 atom stereocenters. The molecule has 0 spiro atoms. The third-order valence-electron chi connectivity index (χ3n) is 2.47. The molecule has 0 unspecified atom stereocenters. The highest BCUT2D eigenvalue weighted by Crippen LogP contribution is 2.16. The van der Waals surface area contributed by atoms with E-state index in [1.54, 1.807) is 6.92 Å². The number of hydrogen-bond donors (Lipinski definition) is 0. The largest absolute Gasteiger partial charge is 0.309 e. The monoisotopic (exact) mass is 213 g/mol. The van der Waals surface area contributed by atoms with Crippen LogP contribution in [0.4, 0.5) is 8.78 Å². The second-order valence-corrected chi connectivity index (χ2v) is 4.08. The van der Waals surface area contributed by atoms with Crippen LogP contribution in [-0.4, -0.2) is 25.5 Å². The van der Waals surface area contributed by atoms with Crippen molar-refractivity contribution < 1.29 is 8.78 Å². The van der Waals surface area contributed by atoms with Gasteiger partial charge in [0.1, 0.15) is 11.6 Å². The quantitative estimate of drug-likeness (QED) is 0.743. The van der Waals surface area contributed by atoms with E-state index in [0.29, 0.717) is 5.56 Å². The van der Waals surface area contributed by atoms with Crippen molar-refractivity contribution in [2.75, 3.05) is 20.6 Å². The number of aryl methyl sites for hydroxylation is 1. The number of benzene rings is 1. The summed E-state index contributed by atoms with van der Waals surface area (Å²) in [5.74, 6) is -0.937. The minimum atomic E-state index is -0.488. The van der Waals surface area contributed by atoms with Crippen LogP contribution in [0.2, 0.25) is 0 Å². The third-order valence-corrected chi connectivity index (χ3v) is 2.47. The maximum atomic E-state index is 13.2. The molecule has 84 valence electrons. The van der Waals surface area contributed by atoms with E-state index < -0.39 is 11.6 Å². The molecule has 1 rings (SSSR count). The van der Waals surface area contributed by atoms with Crippen LogP contribution < -0.4 is 0 Å². The molecule has 1 aromatic rings. The van der Waals surface area contributed by atoms with Crippen LogP contribution in [0.1, 0.15) is 17.5 Å². The van der Waals surface area contributed by atoms with Gasteiger partial charge in [0.2, 0.25) is 0 Å². The van der Waals surface area contributed by atoms with Gasteiger partial charge in [-0.05, 0) is 57.6 Å². The van der Waals surface area contributed by atoms with E-state index in [2.05, 4.69) is 4.90 Å². The van der Waals surface area contributed by atoms with Crippen LogP contribution in [0.15, 0.2) is 12.1 Å². The Balaban J connectivity index is 2.68. The molecule has 1 aromatic carbocycles. The Hall–Kier alpha value is -0.960. The molecule has 15 heavy (non-hydrogen) atoms. The van der Waals surface area contributed by atoms with Crippen LogP contribution in [0.25, 0.3) is 0 Å². The molecule has 0 heterocycles. The fraction of sp³-hybridized carbons (Fsp3) is 0.500. The highest BCUT2D eigenvalue weighted by atomic mass is 19.1. The molecule has 0 radical (unpaired) electrons. The molecule has 0 aliphatic heterocycles. The first-order valence-electron chi connectivity index (χ1n) is 5.10. The highest BCUT2D eigenvalue weighted by molar-refractivity contribution is 5.28. The van der Waals surface area contributed by atoms with Gasteiger partial charge in [0.05, 0.1) is 0 Å². The van der Waals surface area contributed by atoms with Crippen LogP contribution >= 0.6 is 0 Å². The Bertz CT molecular complexity index is 335. The van der Waals surface area contributed by atoms with Gasteiger partial charge in [-0.25, -0.2) is 8.78 Å². The summed E-state index contributed by atoms with van der Waals surface area (Å²) in [6.07, 6.45) is 1.63. The molecule has 0 saturated carbocycles. The summed E-state index contributed by atoms with van der Waals surface area (Å²) in [7, 11) is 3.97. The van der Waals surface area contributed by atoms with Gasteiger partial charge in [0.25, 0.3) is 0 Å². The van der Waals surface area contributed by atoms with E-state index in [4.69, 9.17) is 0 Å². The smallest absolute Gasteiger partial charge is 0.129 e. The van der Waals surface area contributed by atoms with Gasteiger partial charge >= 0.3 is 0 Å². The van der Waals surface area contributed by atoms with E-state index in [0.717, 1.165) is 31.0 Å². The van der Waals surface area contributed by atoms with Crippen molar-refractivity contribution in [3.8, 4) is 0 Å². The van der Waals surface area contributed by atoms with Gasteiger partial charge in [-0.15, -0.1) is 0 Å². The zero-order valence-corrected chi connectivity index (χ0v) is 9.48. The van der Waals surface area contributed by atoms with Crippen LogP contribution in [-0.2, 0) is 6.42 Å². The van der Waals surface area contributed by atoms with Crippen molar-refractivity contribution in [2.24, 2.45) is 0 Å². The lowest BCUT2D eigenvalue weighted by Crippen LogP contribution is -2.13. The molecule has 0 aliphatic carbocycles. The minimum Gasteiger partial charge on any atom is -0.309 e. The lowest BCUT2D eigenvalue weighted by molar-refractivity contribution is 0.400. The average Bonchev–Trinajstić information content (AvgIpc) is 2.12. The zero-order valence-electron chi connectivity index (χ0n) is 9.48. The molecule has 0 aromatic heterocycles. The van der Waals surface area contributed by atoms with E-state index >= 15 is 0 Å². The molecule has 0 bridgehead atoms. The Morgan fingerprint density at radius 1 is 1.20 bits per heavy atom. The topological polar surface area (TPSA) is 3.24 Å². The average molecular weight is 213 g/mol. The summed E-state index contributed by atoms with van der Waals surface area (Å²) >= 11 is 0. The molecule has 0 fully saturated rings. The number of rotatable bonds is 4. The van der Waals surface area contributed by atoms with Crippen LogP contribution in [0, 0.1) is 18.6 Å². The second kappa shape index (κ2) is 5.21. The van der Waals surface area contributed by atoms with Crippen LogP contribution in [0.5, 0.6) is 0 Å². The van der Waals surface area contributed by atoms with Crippen molar-refractivity contribution in [2.45, 2.75) is 19.8 Å². The first kappa shape index (κ1) is 12.1. The van der Waals surface area contributed by atoms with Gasteiger partial charge in [0, 0.05) is 6.07 Å². The van der Waals surface area contributed by atoms with Crippen molar-refractivity contribution in [1.82, 2.24) is 4.90 Å². The van der Waals surface area contributed by atoms with E-state index in [1.165, 1.54) is 6.07 Å². The number of hydrogen-bond acceptors (Lipinski definition) is 1. The molecule has 0 aliphatic rings. The molecule has 0 saturated heterocycles. The van der Waals surface area contributed by atoms with Gasteiger partial charge in [-0.2, -0.15) is 0 Å². The Labute approximate surface area is 89.7 Å². The van der Waals surface area contributed by atoms with Gasteiger partial charge in [0.15, 0.2) is 0 Å². The molecule has 3 heteroatoms. The first-order chi connectivity index (χ1) is 7.00. The summed E-state index contributed by atoms with van der Waals surface area (Å²) in [5.41, 5.74) is 1.34. The summed E-state index contributed by atoms with van der Waals surface area (Å²) in [4.78, 5) is 2.06. The van der Waals surface area contributed by atoms with E-state index in [9.17, 15) is 8.78 Å². The zero-order chi connectivity index (χ0) is 11.4. The predicted molar refractivity (Wildman–Crippen MR) is 58.0 cm³/mol. The Morgan fingerprint density at radius 3 is 2.47 bits per heavy atom. The fourth-order valence-electron chi connectivity index (χ4n) is 1.54. The fourth-order valence-corrected chi connectivity index (χ4v) is 1.54. The molecular weight excluding hydrogens is 196 g/mol. The SMILES string of the molecule is Cc1c(F)cc(F)cc1CCCN(C)C. The van der Waals surface area contributed by atoms with E-state index in [1.807, 2.05) is 14.1 Å². The predicted octanol–water partition coefficient (Wildman–Crippen LogP) is 2.77. The Kier molecular flexibility index (Phi) is 4.21. The Morgan fingerprint density at radius 2 is 1.87 bits per heavy atom. The number of nitrogens with zero attached hydrogens (tertiary/aromatic N) is 1. The maximum absolute atomic E-state index is 13.2. The number of halogens is 2. The third kappa shape index (κ3) is 3.59. The molecule has 0 amide bonds. The van der Waals surface area contributed by atoms with Crippen molar-refractivity contribution >= 4 is 0 Å². The second-order valence-electron chi connectivity index (χ2n) is 4.08. The summed E-state index contributed by atoms with van der Waals surface area (Å²) in [5, 5.41) is 0. The minimum absolute atomic E-state index is 0.449. The molecule has 1 nitrogen and oxygen atoms in total. The lowest BCUT2D eigenvalue weighted by Gasteiger charge is -2.10. The molecular formula is C12H17F2N. The molecule has 0 N–H and O–H groups in total. The van der Waals surface area contributed by atoms with Crippen LogP contribution in [0.3, 0.4) is 0 Å². The van der Waals surface area contributed by atoms with E-state index in [-0.39, 0.29) is 0 Å². The lowest BCUT2D eigenvalue weighted by atomic mass is 10.0. The summed E-state index contributed by atoms with van der Waals surface area (Å²) in [6, 6.07) is 2.36. The maximum Gasteiger partial charge on any atom is 0.129 e.